The number of benzene rings is 1. The Labute approximate surface area is 130 Å². The number of carbonyl (C=O) groups excluding carboxylic acids is 1. The van der Waals surface area contributed by atoms with Gasteiger partial charge in [-0.2, -0.15) is 0 Å². The van der Waals surface area contributed by atoms with Crippen molar-refractivity contribution in [3.05, 3.63) is 35.5 Å². The molecular weight excluding hydrogens is 276 g/mol. The van der Waals surface area contributed by atoms with Gasteiger partial charge in [-0.25, -0.2) is 0 Å². The van der Waals surface area contributed by atoms with Crippen molar-refractivity contribution in [1.29, 1.82) is 0 Å². The van der Waals surface area contributed by atoms with Gasteiger partial charge in [-0.05, 0) is 43.7 Å². The molecule has 4 nitrogen and oxygen atoms in total. The third-order valence-electron chi connectivity index (χ3n) is 4.71. The molecule has 0 bridgehead atoms. The number of rotatable bonds is 4. The van der Waals surface area contributed by atoms with E-state index in [1.807, 2.05) is 25.1 Å². The number of aliphatic hydroxyl groups excluding tert-OH is 1. The van der Waals surface area contributed by atoms with Crippen molar-refractivity contribution >= 4 is 16.8 Å². The Hall–Kier alpha value is -1.81. The molecule has 0 spiro atoms. The van der Waals surface area contributed by atoms with E-state index in [0.29, 0.717) is 18.9 Å². The molecule has 118 valence electrons. The second-order valence-electron chi connectivity index (χ2n) is 6.44. The van der Waals surface area contributed by atoms with Crippen molar-refractivity contribution in [3.63, 3.8) is 0 Å². The van der Waals surface area contributed by atoms with Gasteiger partial charge >= 0.3 is 0 Å². The van der Waals surface area contributed by atoms with Crippen LogP contribution in [0.1, 0.15) is 36.9 Å². The minimum Gasteiger partial charge on any atom is -0.393 e. The highest BCUT2D eigenvalue weighted by Crippen LogP contribution is 2.24. The van der Waals surface area contributed by atoms with Crippen LogP contribution in [0.25, 0.3) is 10.9 Å². The zero-order valence-electron chi connectivity index (χ0n) is 13.1. The summed E-state index contributed by atoms with van der Waals surface area (Å²) in [6.45, 7) is 2.69. The van der Waals surface area contributed by atoms with Crippen LogP contribution in [0.5, 0.6) is 0 Å². The lowest BCUT2D eigenvalue weighted by Crippen LogP contribution is -2.33. The van der Waals surface area contributed by atoms with Gasteiger partial charge in [-0.3, -0.25) is 4.79 Å². The molecule has 3 N–H and O–H groups in total. The van der Waals surface area contributed by atoms with Gasteiger partial charge in [0.1, 0.15) is 0 Å². The quantitative estimate of drug-likeness (QED) is 0.813. The van der Waals surface area contributed by atoms with E-state index in [1.165, 1.54) is 0 Å². The maximum atomic E-state index is 12.2. The molecule has 22 heavy (non-hydrogen) atoms. The van der Waals surface area contributed by atoms with Crippen LogP contribution in [0.2, 0.25) is 0 Å². The molecule has 1 aromatic heterocycles. The zero-order chi connectivity index (χ0) is 15.5. The molecule has 4 heteroatoms. The molecule has 2 atom stereocenters. The number of aryl methyl sites for hydroxylation is 1. The van der Waals surface area contributed by atoms with Crippen molar-refractivity contribution in [1.82, 2.24) is 10.3 Å². The summed E-state index contributed by atoms with van der Waals surface area (Å²) in [5.74, 6) is 0.477. The average Bonchev–Trinajstić information content (AvgIpc) is 2.81. The van der Waals surface area contributed by atoms with Gasteiger partial charge in [0.15, 0.2) is 0 Å². The van der Waals surface area contributed by atoms with E-state index < -0.39 is 0 Å². The molecule has 1 heterocycles. The van der Waals surface area contributed by atoms with Gasteiger partial charge in [0.25, 0.3) is 0 Å². The Balaban J connectivity index is 1.60. The Morgan fingerprint density at radius 3 is 3.00 bits per heavy atom. The first-order valence-corrected chi connectivity index (χ1v) is 8.14. The van der Waals surface area contributed by atoms with Crippen LogP contribution in [0.15, 0.2) is 24.3 Å². The number of hydrogen-bond donors (Lipinski definition) is 3. The number of nitrogens with one attached hydrogen (secondary N) is 2. The second kappa shape index (κ2) is 6.53. The monoisotopic (exact) mass is 300 g/mol. The number of aromatic nitrogens is 1. The third-order valence-corrected chi connectivity index (χ3v) is 4.71. The van der Waals surface area contributed by atoms with Crippen LogP contribution in [-0.2, 0) is 11.2 Å². The highest BCUT2D eigenvalue weighted by molar-refractivity contribution is 5.90. The van der Waals surface area contributed by atoms with Crippen LogP contribution in [0, 0.1) is 12.8 Å². The SMILES string of the molecule is Cc1[nH]c2ccccc2c1CC(=O)NCC1CCCC(O)C1. The molecule has 1 amide bonds. The molecule has 1 saturated carbocycles. The van der Waals surface area contributed by atoms with Gasteiger partial charge in [0.05, 0.1) is 12.5 Å². The third kappa shape index (κ3) is 3.33. The Bertz CT molecular complexity index is 662. The Morgan fingerprint density at radius 2 is 2.18 bits per heavy atom. The van der Waals surface area contributed by atoms with Crippen molar-refractivity contribution < 1.29 is 9.90 Å². The van der Waals surface area contributed by atoms with Gasteiger partial charge in [-0.15, -0.1) is 0 Å². The molecule has 2 aromatic rings. The van der Waals surface area contributed by atoms with Crippen molar-refractivity contribution in [2.75, 3.05) is 6.54 Å². The van der Waals surface area contributed by atoms with Gasteiger partial charge in [0, 0.05) is 23.1 Å². The van der Waals surface area contributed by atoms with Crippen molar-refractivity contribution in [3.8, 4) is 0 Å². The maximum absolute atomic E-state index is 12.2. The van der Waals surface area contributed by atoms with E-state index >= 15 is 0 Å². The van der Waals surface area contributed by atoms with E-state index in [2.05, 4.69) is 16.4 Å². The highest BCUT2D eigenvalue weighted by Gasteiger charge is 2.21. The lowest BCUT2D eigenvalue weighted by molar-refractivity contribution is -0.120. The first kappa shape index (κ1) is 15.1. The Morgan fingerprint density at radius 1 is 1.36 bits per heavy atom. The normalized spacial score (nSPS) is 21.9. The summed E-state index contributed by atoms with van der Waals surface area (Å²) < 4.78 is 0. The first-order valence-electron chi connectivity index (χ1n) is 8.14. The van der Waals surface area contributed by atoms with Crippen LogP contribution in [-0.4, -0.2) is 28.6 Å². The van der Waals surface area contributed by atoms with Crippen molar-refractivity contribution in [2.45, 2.75) is 45.1 Å². The summed E-state index contributed by atoms with van der Waals surface area (Å²) in [6, 6.07) is 8.09. The molecule has 1 aliphatic rings. The van der Waals surface area contributed by atoms with Crippen LogP contribution < -0.4 is 5.32 Å². The second-order valence-corrected chi connectivity index (χ2v) is 6.44. The molecule has 1 aromatic carbocycles. The first-order chi connectivity index (χ1) is 10.6. The van der Waals surface area contributed by atoms with E-state index in [0.717, 1.165) is 47.8 Å². The van der Waals surface area contributed by atoms with Gasteiger partial charge < -0.3 is 15.4 Å². The van der Waals surface area contributed by atoms with E-state index in [4.69, 9.17) is 0 Å². The molecule has 3 rings (SSSR count). The molecule has 1 aliphatic carbocycles. The van der Waals surface area contributed by atoms with E-state index in [9.17, 15) is 9.90 Å². The largest absolute Gasteiger partial charge is 0.393 e. The fourth-order valence-corrected chi connectivity index (χ4v) is 3.49. The standard InChI is InChI=1S/C18H24N2O2/c1-12-16(15-7-2-3-8-17(15)20-12)10-18(22)19-11-13-5-4-6-14(21)9-13/h2-3,7-8,13-14,20-21H,4-6,9-11H2,1H3,(H,19,22). The number of amides is 1. The molecule has 0 aliphatic heterocycles. The lowest BCUT2D eigenvalue weighted by Gasteiger charge is -2.25. The molecule has 1 fully saturated rings. The fraction of sp³-hybridized carbons (Fsp3) is 0.500. The summed E-state index contributed by atoms with van der Waals surface area (Å²) in [5, 5.41) is 13.9. The summed E-state index contributed by atoms with van der Waals surface area (Å²) in [6.07, 6.45) is 4.09. The Kier molecular flexibility index (Phi) is 4.48. The van der Waals surface area contributed by atoms with Crippen LogP contribution >= 0.6 is 0 Å². The molecule has 0 radical (unpaired) electrons. The fourth-order valence-electron chi connectivity index (χ4n) is 3.49. The minimum absolute atomic E-state index is 0.0629. The number of aromatic amines is 1. The number of para-hydroxylation sites is 1. The molecule has 0 saturated heterocycles. The highest BCUT2D eigenvalue weighted by atomic mass is 16.3. The van der Waals surface area contributed by atoms with Crippen molar-refractivity contribution in [2.24, 2.45) is 5.92 Å². The van der Waals surface area contributed by atoms with E-state index in [-0.39, 0.29) is 12.0 Å². The summed E-state index contributed by atoms with van der Waals surface area (Å²) in [4.78, 5) is 15.6. The number of hydrogen-bond acceptors (Lipinski definition) is 2. The number of aliphatic hydroxyl groups is 1. The molecule has 2 unspecified atom stereocenters. The summed E-state index contributed by atoms with van der Waals surface area (Å²) >= 11 is 0. The lowest BCUT2D eigenvalue weighted by atomic mass is 9.87. The molecular formula is C18H24N2O2. The smallest absolute Gasteiger partial charge is 0.224 e. The average molecular weight is 300 g/mol. The van der Waals surface area contributed by atoms with Crippen LogP contribution in [0.4, 0.5) is 0 Å². The summed E-state index contributed by atoms with van der Waals surface area (Å²) in [5.41, 5.74) is 3.22. The summed E-state index contributed by atoms with van der Waals surface area (Å²) in [7, 11) is 0. The van der Waals surface area contributed by atoms with Gasteiger partial charge in [0.2, 0.25) is 5.91 Å². The van der Waals surface area contributed by atoms with E-state index in [1.54, 1.807) is 0 Å². The minimum atomic E-state index is -0.188. The number of H-pyrrole nitrogens is 1. The topological polar surface area (TPSA) is 65.1 Å². The van der Waals surface area contributed by atoms with Crippen LogP contribution in [0.3, 0.4) is 0 Å². The van der Waals surface area contributed by atoms with Gasteiger partial charge in [-0.1, -0.05) is 24.6 Å². The predicted molar refractivity (Wildman–Crippen MR) is 87.7 cm³/mol. The maximum Gasteiger partial charge on any atom is 0.224 e. The zero-order valence-corrected chi connectivity index (χ0v) is 13.1. The predicted octanol–water partition coefficient (Wildman–Crippen LogP) is 2.69. The number of fused-ring (bicyclic) bond motifs is 1. The number of carbonyl (C=O) groups is 1.